The molecule has 0 aliphatic rings. The van der Waals surface area contributed by atoms with Crippen molar-refractivity contribution in [2.24, 2.45) is 4.99 Å². The van der Waals surface area contributed by atoms with E-state index in [2.05, 4.69) is 34.4 Å². The van der Waals surface area contributed by atoms with E-state index >= 15 is 0 Å². The van der Waals surface area contributed by atoms with Crippen molar-refractivity contribution in [3.8, 4) is 0 Å². The molecule has 0 saturated carbocycles. The average Bonchev–Trinajstić information content (AvgIpc) is 2.32. The summed E-state index contributed by atoms with van der Waals surface area (Å²) in [7, 11) is 3.47. The zero-order valence-corrected chi connectivity index (χ0v) is 11.0. The molecule has 0 unspecified atom stereocenters. The lowest BCUT2D eigenvalue weighted by molar-refractivity contribution is 0.203. The summed E-state index contributed by atoms with van der Waals surface area (Å²) >= 11 is 0. The quantitative estimate of drug-likeness (QED) is 0.354. The summed E-state index contributed by atoms with van der Waals surface area (Å²) in [5.41, 5.74) is 0. The largest absolute Gasteiger partial charge is 0.383 e. The van der Waals surface area contributed by atoms with Crippen LogP contribution in [0.3, 0.4) is 0 Å². The molecule has 0 rings (SSSR count). The first-order chi connectivity index (χ1) is 7.78. The van der Waals surface area contributed by atoms with Gasteiger partial charge in [-0.1, -0.05) is 13.8 Å². The molecule has 0 aromatic heterocycles. The van der Waals surface area contributed by atoms with Crippen LogP contribution in [0.2, 0.25) is 0 Å². The number of likely N-dealkylation sites (N-methyl/N-ethyl adjacent to an activating group) is 1. The molecule has 0 aliphatic carbocycles. The summed E-state index contributed by atoms with van der Waals surface area (Å²) in [6, 6.07) is 0. The van der Waals surface area contributed by atoms with E-state index in [1.165, 1.54) is 0 Å². The Balaban J connectivity index is 3.63. The number of aliphatic imine (C=N–C) groups is 1. The predicted molar refractivity (Wildman–Crippen MR) is 69.0 cm³/mol. The number of nitrogens with zero attached hydrogens (tertiary/aromatic N) is 2. The highest BCUT2D eigenvalue weighted by Crippen LogP contribution is 1.83. The van der Waals surface area contributed by atoms with Crippen LogP contribution in [0.5, 0.6) is 0 Å². The van der Waals surface area contributed by atoms with Gasteiger partial charge in [-0.05, 0) is 13.1 Å². The van der Waals surface area contributed by atoms with Crippen LogP contribution in [0, 0.1) is 0 Å². The van der Waals surface area contributed by atoms with Crippen molar-refractivity contribution in [3.63, 3.8) is 0 Å². The Morgan fingerprint density at radius 2 is 1.81 bits per heavy atom. The fourth-order valence-electron chi connectivity index (χ4n) is 1.36. The summed E-state index contributed by atoms with van der Waals surface area (Å²) in [4.78, 5) is 6.50. The van der Waals surface area contributed by atoms with E-state index in [1.54, 1.807) is 14.2 Å². The normalized spacial score (nSPS) is 11.9. The molecule has 0 bridgehead atoms. The van der Waals surface area contributed by atoms with Gasteiger partial charge in [-0.3, -0.25) is 4.99 Å². The Kier molecular flexibility index (Phi) is 10.2. The van der Waals surface area contributed by atoms with Gasteiger partial charge in [0.1, 0.15) is 0 Å². The van der Waals surface area contributed by atoms with Crippen LogP contribution in [0.15, 0.2) is 4.99 Å². The zero-order valence-electron chi connectivity index (χ0n) is 11.0. The fraction of sp³-hybridized carbons (Fsp3) is 0.909. The highest BCUT2D eigenvalue weighted by Gasteiger charge is 1.99. The maximum absolute atomic E-state index is 4.96. The van der Waals surface area contributed by atoms with Gasteiger partial charge in [0.05, 0.1) is 6.61 Å². The Labute approximate surface area is 99.3 Å². The van der Waals surface area contributed by atoms with Crippen LogP contribution >= 0.6 is 0 Å². The molecule has 0 heterocycles. The van der Waals surface area contributed by atoms with E-state index in [1.807, 2.05) is 0 Å². The molecular formula is C11H26N4O. The van der Waals surface area contributed by atoms with Crippen LogP contribution in [0.25, 0.3) is 0 Å². The second-order valence-electron chi connectivity index (χ2n) is 3.45. The van der Waals surface area contributed by atoms with Gasteiger partial charge in [-0.15, -0.1) is 0 Å². The molecule has 0 aliphatic heterocycles. The molecule has 0 amide bonds. The Morgan fingerprint density at radius 3 is 2.31 bits per heavy atom. The van der Waals surface area contributed by atoms with Crippen molar-refractivity contribution in [1.29, 1.82) is 0 Å². The van der Waals surface area contributed by atoms with E-state index in [-0.39, 0.29) is 0 Å². The van der Waals surface area contributed by atoms with E-state index in [0.29, 0.717) is 6.61 Å². The van der Waals surface area contributed by atoms with Gasteiger partial charge >= 0.3 is 0 Å². The van der Waals surface area contributed by atoms with Gasteiger partial charge < -0.3 is 20.3 Å². The van der Waals surface area contributed by atoms with E-state index in [0.717, 1.165) is 38.7 Å². The average molecular weight is 230 g/mol. The molecule has 0 spiro atoms. The lowest BCUT2D eigenvalue weighted by Gasteiger charge is -2.19. The predicted octanol–water partition coefficient (Wildman–Crippen LogP) is 0.140. The number of guanidine groups is 1. The first-order valence-electron chi connectivity index (χ1n) is 5.94. The second kappa shape index (κ2) is 10.7. The van der Waals surface area contributed by atoms with E-state index < -0.39 is 0 Å². The van der Waals surface area contributed by atoms with Crippen molar-refractivity contribution in [1.82, 2.24) is 15.5 Å². The van der Waals surface area contributed by atoms with Crippen LogP contribution < -0.4 is 10.6 Å². The minimum absolute atomic E-state index is 0.691. The van der Waals surface area contributed by atoms with Gasteiger partial charge in [0.2, 0.25) is 0 Å². The van der Waals surface area contributed by atoms with E-state index in [9.17, 15) is 0 Å². The number of hydrogen-bond acceptors (Lipinski definition) is 3. The minimum atomic E-state index is 0.691. The topological polar surface area (TPSA) is 48.9 Å². The summed E-state index contributed by atoms with van der Waals surface area (Å²) < 4.78 is 4.96. The maximum atomic E-state index is 4.96. The first-order valence-corrected chi connectivity index (χ1v) is 5.94. The Hall–Kier alpha value is -0.810. The van der Waals surface area contributed by atoms with E-state index in [4.69, 9.17) is 4.74 Å². The van der Waals surface area contributed by atoms with Crippen LogP contribution in [0.4, 0.5) is 0 Å². The molecule has 0 aromatic rings. The molecule has 16 heavy (non-hydrogen) atoms. The second-order valence-corrected chi connectivity index (χ2v) is 3.45. The maximum Gasteiger partial charge on any atom is 0.191 e. The fourth-order valence-corrected chi connectivity index (χ4v) is 1.36. The third-order valence-corrected chi connectivity index (χ3v) is 2.44. The van der Waals surface area contributed by atoms with Crippen molar-refractivity contribution in [3.05, 3.63) is 0 Å². The smallest absolute Gasteiger partial charge is 0.191 e. The van der Waals surface area contributed by atoms with Gasteiger partial charge in [0, 0.05) is 33.8 Å². The van der Waals surface area contributed by atoms with Gasteiger partial charge in [0.15, 0.2) is 5.96 Å². The molecule has 5 heteroatoms. The van der Waals surface area contributed by atoms with Gasteiger partial charge in [0.25, 0.3) is 0 Å². The summed E-state index contributed by atoms with van der Waals surface area (Å²) in [6.07, 6.45) is 0. The molecule has 5 nitrogen and oxygen atoms in total. The third-order valence-electron chi connectivity index (χ3n) is 2.44. The summed E-state index contributed by atoms with van der Waals surface area (Å²) in [6.45, 7) is 9.95. The number of rotatable bonds is 8. The molecular weight excluding hydrogens is 204 g/mol. The molecule has 96 valence electrons. The highest BCUT2D eigenvalue weighted by molar-refractivity contribution is 5.79. The summed E-state index contributed by atoms with van der Waals surface area (Å²) in [5.74, 6) is 0.837. The zero-order chi connectivity index (χ0) is 12.2. The van der Waals surface area contributed by atoms with Crippen molar-refractivity contribution in [2.45, 2.75) is 13.8 Å². The number of nitrogens with one attached hydrogen (secondary N) is 2. The summed E-state index contributed by atoms with van der Waals surface area (Å²) in [5, 5.41) is 6.44. The number of methoxy groups -OCH3 is 1. The Morgan fingerprint density at radius 1 is 1.19 bits per heavy atom. The van der Waals surface area contributed by atoms with Crippen molar-refractivity contribution >= 4 is 5.96 Å². The molecule has 0 radical (unpaired) electrons. The van der Waals surface area contributed by atoms with Gasteiger partial charge in [-0.2, -0.15) is 0 Å². The van der Waals surface area contributed by atoms with Crippen LogP contribution in [-0.2, 0) is 4.74 Å². The molecule has 0 aromatic carbocycles. The monoisotopic (exact) mass is 230 g/mol. The van der Waals surface area contributed by atoms with Crippen LogP contribution in [-0.4, -0.2) is 64.3 Å². The molecule has 0 fully saturated rings. The lowest BCUT2D eigenvalue weighted by Crippen LogP contribution is -2.42. The molecule has 0 atom stereocenters. The standard InChI is InChI=1S/C11H26N4O/c1-5-15(6-2)9-7-13-11(12-3)14-8-10-16-4/h5-10H2,1-4H3,(H2,12,13,14). The van der Waals surface area contributed by atoms with Crippen molar-refractivity contribution < 1.29 is 4.74 Å². The molecule has 2 N–H and O–H groups in total. The first kappa shape index (κ1) is 15.2. The Bertz CT molecular complexity index is 181. The molecule has 0 saturated heterocycles. The number of ether oxygens (including phenoxy) is 1. The van der Waals surface area contributed by atoms with Crippen molar-refractivity contribution in [2.75, 3.05) is 53.5 Å². The lowest BCUT2D eigenvalue weighted by atomic mass is 10.4. The SMILES string of the molecule is CCN(CC)CCNC(=NC)NCCOC. The van der Waals surface area contributed by atoms with Gasteiger partial charge in [-0.25, -0.2) is 0 Å². The minimum Gasteiger partial charge on any atom is -0.383 e. The number of hydrogen-bond donors (Lipinski definition) is 2. The van der Waals surface area contributed by atoms with Crippen LogP contribution in [0.1, 0.15) is 13.8 Å². The third kappa shape index (κ3) is 7.48. The highest BCUT2D eigenvalue weighted by atomic mass is 16.5.